The van der Waals surface area contributed by atoms with Crippen LogP contribution in [0.25, 0.3) is 10.2 Å². The molecule has 1 heterocycles. The molecule has 0 bridgehead atoms. The molecule has 3 aromatic rings. The molecule has 0 saturated heterocycles. The Bertz CT molecular complexity index is 1060. The van der Waals surface area contributed by atoms with Gasteiger partial charge in [0.2, 0.25) is 0 Å². The fraction of sp³-hybridized carbons (Fsp3) is 0.0667. The van der Waals surface area contributed by atoms with Crippen molar-refractivity contribution in [3.05, 3.63) is 52.5 Å². The van der Waals surface area contributed by atoms with Gasteiger partial charge in [0.15, 0.2) is 5.13 Å². The summed E-state index contributed by atoms with van der Waals surface area (Å²) in [6, 6.07) is 9.11. The Morgan fingerprint density at radius 1 is 1.25 bits per heavy atom. The van der Waals surface area contributed by atoms with Gasteiger partial charge in [0.1, 0.15) is 0 Å². The van der Waals surface area contributed by atoms with E-state index in [9.17, 15) is 13.2 Å². The van der Waals surface area contributed by atoms with Gasteiger partial charge in [0, 0.05) is 0 Å². The topological polar surface area (TPSA) is 96.4 Å². The number of carboxylic acids is 1. The third-order valence-electron chi connectivity index (χ3n) is 3.24. The van der Waals surface area contributed by atoms with Crippen molar-refractivity contribution in [3.8, 4) is 0 Å². The number of nitrogens with one attached hydrogen (secondary N) is 1. The molecule has 0 saturated carbocycles. The summed E-state index contributed by atoms with van der Waals surface area (Å²) in [5.74, 6) is -1.30. The number of nitrogens with zero attached hydrogens (tertiary/aromatic N) is 1. The number of anilines is 1. The van der Waals surface area contributed by atoms with E-state index < -0.39 is 16.0 Å². The summed E-state index contributed by atoms with van der Waals surface area (Å²) in [6.07, 6.45) is 0. The number of carboxylic acid groups (broad SMARTS) is 1. The molecule has 0 aliphatic rings. The third kappa shape index (κ3) is 3.21. The third-order valence-corrected chi connectivity index (χ3v) is 5.97. The van der Waals surface area contributed by atoms with Crippen LogP contribution >= 0.6 is 22.9 Å². The summed E-state index contributed by atoms with van der Waals surface area (Å²) in [6.45, 7) is 1.93. The number of rotatable bonds is 4. The molecule has 124 valence electrons. The number of aryl methyl sites for hydroxylation is 1. The summed E-state index contributed by atoms with van der Waals surface area (Å²) < 4.78 is 28.1. The molecule has 0 fully saturated rings. The van der Waals surface area contributed by atoms with Gasteiger partial charge in [-0.2, -0.15) is 0 Å². The minimum absolute atomic E-state index is 0.0306. The number of halogens is 1. The highest BCUT2D eigenvalue weighted by Gasteiger charge is 2.20. The van der Waals surface area contributed by atoms with Crippen molar-refractivity contribution >= 4 is 54.3 Å². The van der Waals surface area contributed by atoms with Crippen LogP contribution in [0.2, 0.25) is 5.02 Å². The van der Waals surface area contributed by atoms with E-state index >= 15 is 0 Å². The largest absolute Gasteiger partial charge is 0.478 e. The standard InChI is InChI=1S/C15H11ClN2O4S2/c1-8-2-5-12-13(6-8)23-15(17-12)18-24(21,22)9-3-4-11(16)10(7-9)14(19)20/h2-7H,1H3,(H,17,18)(H,19,20). The van der Waals surface area contributed by atoms with Crippen LogP contribution in [0.1, 0.15) is 15.9 Å². The minimum Gasteiger partial charge on any atom is -0.478 e. The van der Waals surface area contributed by atoms with Gasteiger partial charge in [0.25, 0.3) is 10.0 Å². The van der Waals surface area contributed by atoms with Crippen molar-refractivity contribution in [3.63, 3.8) is 0 Å². The normalized spacial score (nSPS) is 11.6. The minimum atomic E-state index is -3.97. The fourth-order valence-electron chi connectivity index (χ4n) is 2.08. The molecular formula is C15H11ClN2O4S2. The number of fused-ring (bicyclic) bond motifs is 1. The predicted octanol–water partition coefficient (Wildman–Crippen LogP) is 3.76. The van der Waals surface area contributed by atoms with E-state index in [0.717, 1.165) is 16.3 Å². The van der Waals surface area contributed by atoms with Gasteiger partial charge in [-0.1, -0.05) is 29.0 Å². The van der Waals surface area contributed by atoms with Crippen molar-refractivity contribution in [2.24, 2.45) is 0 Å². The van der Waals surface area contributed by atoms with Crippen molar-refractivity contribution < 1.29 is 18.3 Å². The zero-order chi connectivity index (χ0) is 17.5. The Morgan fingerprint density at radius 2 is 2.00 bits per heavy atom. The quantitative estimate of drug-likeness (QED) is 0.716. The lowest BCUT2D eigenvalue weighted by Crippen LogP contribution is -2.13. The van der Waals surface area contributed by atoms with E-state index in [1.54, 1.807) is 0 Å². The second kappa shape index (κ2) is 6.04. The molecule has 0 amide bonds. The Kier molecular flexibility index (Phi) is 4.20. The number of aromatic nitrogens is 1. The molecule has 9 heteroatoms. The SMILES string of the molecule is Cc1ccc2nc(NS(=O)(=O)c3ccc(Cl)c(C(=O)O)c3)sc2c1. The summed E-state index contributed by atoms with van der Waals surface area (Å²) in [5.41, 5.74) is 1.45. The van der Waals surface area contributed by atoms with Gasteiger partial charge in [-0.25, -0.2) is 18.2 Å². The van der Waals surface area contributed by atoms with Crippen LogP contribution < -0.4 is 4.72 Å². The summed E-state index contributed by atoms with van der Waals surface area (Å²) in [4.78, 5) is 15.1. The highest BCUT2D eigenvalue weighted by Crippen LogP contribution is 2.29. The Morgan fingerprint density at radius 3 is 2.71 bits per heavy atom. The molecule has 24 heavy (non-hydrogen) atoms. The van der Waals surface area contributed by atoms with Crippen LogP contribution in [0.4, 0.5) is 5.13 Å². The predicted molar refractivity (Wildman–Crippen MR) is 93.6 cm³/mol. The van der Waals surface area contributed by atoms with Crippen molar-refractivity contribution in [1.82, 2.24) is 4.98 Å². The summed E-state index contributed by atoms with van der Waals surface area (Å²) >= 11 is 6.97. The smallest absolute Gasteiger partial charge is 0.337 e. The van der Waals surface area contributed by atoms with Gasteiger partial charge >= 0.3 is 5.97 Å². The van der Waals surface area contributed by atoms with Crippen LogP contribution in [0, 0.1) is 6.92 Å². The highest BCUT2D eigenvalue weighted by molar-refractivity contribution is 7.93. The first kappa shape index (κ1) is 16.7. The molecule has 0 atom stereocenters. The van der Waals surface area contributed by atoms with E-state index in [0.29, 0.717) is 5.52 Å². The van der Waals surface area contributed by atoms with Crippen LogP contribution in [0.5, 0.6) is 0 Å². The van der Waals surface area contributed by atoms with E-state index in [2.05, 4.69) is 9.71 Å². The van der Waals surface area contributed by atoms with Crippen LogP contribution in [-0.4, -0.2) is 24.5 Å². The molecule has 2 N–H and O–H groups in total. The molecular weight excluding hydrogens is 372 g/mol. The average Bonchev–Trinajstić information content (AvgIpc) is 2.87. The van der Waals surface area contributed by atoms with Gasteiger partial charge in [-0.05, 0) is 42.8 Å². The number of thiazole rings is 1. The van der Waals surface area contributed by atoms with Crippen molar-refractivity contribution in [1.29, 1.82) is 0 Å². The molecule has 0 aliphatic carbocycles. The number of hydrogen-bond acceptors (Lipinski definition) is 5. The molecule has 0 aliphatic heterocycles. The first-order chi connectivity index (χ1) is 11.3. The molecule has 1 aromatic heterocycles. The number of aromatic carboxylic acids is 1. The summed E-state index contributed by atoms with van der Waals surface area (Å²) in [7, 11) is -3.97. The van der Waals surface area contributed by atoms with E-state index in [-0.39, 0.29) is 20.6 Å². The zero-order valence-corrected chi connectivity index (χ0v) is 14.7. The Balaban J connectivity index is 1.98. The molecule has 6 nitrogen and oxygen atoms in total. The maximum atomic E-state index is 12.5. The fourth-order valence-corrected chi connectivity index (χ4v) is 4.51. The van der Waals surface area contributed by atoms with Crippen molar-refractivity contribution in [2.75, 3.05) is 4.72 Å². The summed E-state index contributed by atoms with van der Waals surface area (Å²) in [5, 5.41) is 9.24. The monoisotopic (exact) mass is 382 g/mol. The molecule has 0 unspecified atom stereocenters. The van der Waals surface area contributed by atoms with Gasteiger partial charge < -0.3 is 5.11 Å². The van der Waals surface area contributed by atoms with E-state index in [1.807, 2.05) is 25.1 Å². The van der Waals surface area contributed by atoms with E-state index in [4.69, 9.17) is 16.7 Å². The first-order valence-electron chi connectivity index (χ1n) is 6.69. The number of carbonyl (C=O) groups is 1. The van der Waals surface area contributed by atoms with E-state index in [1.165, 1.54) is 23.5 Å². The maximum absolute atomic E-state index is 12.5. The maximum Gasteiger partial charge on any atom is 0.337 e. The lowest BCUT2D eigenvalue weighted by Gasteiger charge is -2.06. The van der Waals surface area contributed by atoms with Gasteiger partial charge in [-0.3, -0.25) is 4.72 Å². The Hall–Kier alpha value is -2.16. The molecule has 2 aromatic carbocycles. The number of sulfonamides is 1. The first-order valence-corrected chi connectivity index (χ1v) is 9.37. The van der Waals surface area contributed by atoms with Gasteiger partial charge in [-0.15, -0.1) is 0 Å². The second-order valence-corrected chi connectivity index (χ2v) is 8.16. The van der Waals surface area contributed by atoms with Crippen molar-refractivity contribution in [2.45, 2.75) is 11.8 Å². The molecule has 3 rings (SSSR count). The zero-order valence-electron chi connectivity index (χ0n) is 12.3. The van der Waals surface area contributed by atoms with Gasteiger partial charge in [0.05, 0.1) is 25.7 Å². The second-order valence-electron chi connectivity index (χ2n) is 5.04. The highest BCUT2D eigenvalue weighted by atomic mass is 35.5. The lowest BCUT2D eigenvalue weighted by atomic mass is 10.2. The van der Waals surface area contributed by atoms with Crippen LogP contribution in [0.15, 0.2) is 41.3 Å². The number of hydrogen-bond donors (Lipinski definition) is 2. The van der Waals surface area contributed by atoms with Crippen LogP contribution in [0.3, 0.4) is 0 Å². The lowest BCUT2D eigenvalue weighted by molar-refractivity contribution is 0.0697. The molecule has 0 radical (unpaired) electrons. The van der Waals surface area contributed by atoms with Crippen LogP contribution in [-0.2, 0) is 10.0 Å². The Labute approximate surface area is 146 Å². The average molecular weight is 383 g/mol. The molecule has 0 spiro atoms. The number of benzene rings is 2.